The molecule has 0 radical (unpaired) electrons. The first-order chi connectivity index (χ1) is 7.90. The van der Waals surface area contributed by atoms with Gasteiger partial charge in [0.1, 0.15) is 0 Å². The molecule has 0 saturated carbocycles. The minimum absolute atomic E-state index is 0.786. The molecule has 0 amide bonds. The monoisotopic (exact) mass is 214 g/mol. The molecule has 1 aromatic carbocycles. The number of hydrogen-bond donors (Lipinski definition) is 1. The number of fused-ring (bicyclic) bond motifs is 3. The van der Waals surface area contributed by atoms with Crippen LogP contribution in [0.5, 0.6) is 0 Å². The Morgan fingerprint density at radius 1 is 1.06 bits per heavy atom. The molecule has 2 saturated heterocycles. The van der Waals surface area contributed by atoms with Crippen molar-refractivity contribution in [3.05, 3.63) is 35.4 Å². The van der Waals surface area contributed by atoms with Crippen LogP contribution in [0.15, 0.2) is 24.3 Å². The molecule has 2 aliphatic heterocycles. The Morgan fingerprint density at radius 3 is 2.38 bits per heavy atom. The highest BCUT2D eigenvalue weighted by Crippen LogP contribution is 2.32. The second-order valence-corrected chi connectivity index (χ2v) is 5.52. The molecule has 2 heteroatoms. The van der Waals surface area contributed by atoms with Gasteiger partial charge < -0.3 is 5.32 Å². The molecule has 1 aromatic rings. The number of benzene rings is 1. The fourth-order valence-corrected chi connectivity index (χ4v) is 3.81. The standard InChI is InChI=1S/C14H18N2/c1-2-4-11-6-13(5-10(11)3-1)16-9-12-7-14(16)8-15-12/h1-4,12-15H,5-9H2. The predicted octanol–water partition coefficient (Wildman–Crippen LogP) is 1.20. The van der Waals surface area contributed by atoms with Gasteiger partial charge in [0.15, 0.2) is 0 Å². The third-order valence-electron chi connectivity index (χ3n) is 4.60. The zero-order chi connectivity index (χ0) is 10.5. The highest BCUT2D eigenvalue weighted by molar-refractivity contribution is 5.33. The summed E-state index contributed by atoms with van der Waals surface area (Å²) in [6.07, 6.45) is 3.94. The molecule has 2 atom stereocenters. The normalized spacial score (nSPS) is 33.5. The van der Waals surface area contributed by atoms with Gasteiger partial charge in [-0.05, 0) is 30.4 Å². The van der Waals surface area contributed by atoms with E-state index in [0.717, 1.165) is 18.1 Å². The Hall–Kier alpha value is -0.860. The fraction of sp³-hybridized carbons (Fsp3) is 0.571. The lowest BCUT2D eigenvalue weighted by Gasteiger charge is -2.32. The highest BCUT2D eigenvalue weighted by atomic mass is 15.3. The van der Waals surface area contributed by atoms with E-state index >= 15 is 0 Å². The van der Waals surface area contributed by atoms with E-state index in [4.69, 9.17) is 0 Å². The Labute approximate surface area is 96.6 Å². The van der Waals surface area contributed by atoms with Crippen molar-refractivity contribution in [1.82, 2.24) is 10.2 Å². The van der Waals surface area contributed by atoms with E-state index in [2.05, 4.69) is 34.5 Å². The summed E-state index contributed by atoms with van der Waals surface area (Å²) in [5.41, 5.74) is 3.17. The third kappa shape index (κ3) is 1.26. The average molecular weight is 214 g/mol. The van der Waals surface area contributed by atoms with Crippen molar-refractivity contribution in [2.24, 2.45) is 0 Å². The van der Waals surface area contributed by atoms with Gasteiger partial charge in [0, 0.05) is 31.2 Å². The number of nitrogens with zero attached hydrogens (tertiary/aromatic N) is 1. The van der Waals surface area contributed by atoms with Gasteiger partial charge in [-0.2, -0.15) is 0 Å². The summed E-state index contributed by atoms with van der Waals surface area (Å²) in [7, 11) is 0. The van der Waals surface area contributed by atoms with Gasteiger partial charge in [0.05, 0.1) is 0 Å². The molecular weight excluding hydrogens is 196 g/mol. The molecule has 2 fully saturated rings. The van der Waals surface area contributed by atoms with Crippen LogP contribution in [0.1, 0.15) is 17.5 Å². The van der Waals surface area contributed by atoms with Crippen LogP contribution >= 0.6 is 0 Å². The summed E-state index contributed by atoms with van der Waals surface area (Å²) in [4.78, 5) is 2.77. The summed E-state index contributed by atoms with van der Waals surface area (Å²) >= 11 is 0. The summed E-state index contributed by atoms with van der Waals surface area (Å²) in [6.45, 7) is 2.50. The van der Waals surface area contributed by atoms with Crippen molar-refractivity contribution in [1.29, 1.82) is 0 Å². The van der Waals surface area contributed by atoms with Crippen molar-refractivity contribution in [2.75, 3.05) is 13.1 Å². The first-order valence-corrected chi connectivity index (χ1v) is 6.46. The highest BCUT2D eigenvalue weighted by Gasteiger charge is 2.42. The minimum atomic E-state index is 0.786. The second-order valence-electron chi connectivity index (χ2n) is 5.52. The Kier molecular flexibility index (Phi) is 1.91. The molecule has 4 rings (SSSR count). The van der Waals surface area contributed by atoms with E-state index in [9.17, 15) is 0 Å². The summed E-state index contributed by atoms with van der Waals surface area (Å²) in [5.74, 6) is 0. The lowest BCUT2D eigenvalue weighted by molar-refractivity contribution is 0.163. The van der Waals surface area contributed by atoms with Crippen LogP contribution in [0.25, 0.3) is 0 Å². The van der Waals surface area contributed by atoms with Crippen LogP contribution in [-0.4, -0.2) is 36.1 Å². The maximum absolute atomic E-state index is 3.59. The lowest BCUT2D eigenvalue weighted by Crippen LogP contribution is -2.48. The van der Waals surface area contributed by atoms with Crippen LogP contribution < -0.4 is 5.32 Å². The molecule has 2 heterocycles. The van der Waals surface area contributed by atoms with Crippen molar-refractivity contribution in [3.63, 3.8) is 0 Å². The van der Waals surface area contributed by atoms with Crippen molar-refractivity contribution >= 4 is 0 Å². The zero-order valence-corrected chi connectivity index (χ0v) is 9.52. The smallest absolute Gasteiger partial charge is 0.0239 e. The van der Waals surface area contributed by atoms with Gasteiger partial charge >= 0.3 is 0 Å². The quantitative estimate of drug-likeness (QED) is 0.755. The van der Waals surface area contributed by atoms with Gasteiger partial charge in [-0.15, -0.1) is 0 Å². The molecular formula is C14H18N2. The zero-order valence-electron chi connectivity index (χ0n) is 9.52. The van der Waals surface area contributed by atoms with Crippen LogP contribution in [-0.2, 0) is 12.8 Å². The molecule has 3 aliphatic rings. The summed E-state index contributed by atoms with van der Waals surface area (Å²) in [5, 5.41) is 3.59. The Bertz CT molecular complexity index is 390. The maximum atomic E-state index is 3.59. The van der Waals surface area contributed by atoms with Gasteiger partial charge in [0.25, 0.3) is 0 Å². The van der Waals surface area contributed by atoms with Crippen LogP contribution in [0, 0.1) is 0 Å². The molecule has 1 N–H and O–H groups in total. The fourth-order valence-electron chi connectivity index (χ4n) is 3.81. The molecule has 2 nitrogen and oxygen atoms in total. The SMILES string of the molecule is c1ccc2c(c1)CC(N1CC3CC1CN3)C2. The lowest BCUT2D eigenvalue weighted by atomic mass is 10.1. The van der Waals surface area contributed by atoms with E-state index < -0.39 is 0 Å². The number of piperazine rings is 1. The summed E-state index contributed by atoms with van der Waals surface area (Å²) in [6, 6.07) is 11.4. The number of nitrogens with one attached hydrogen (secondary N) is 1. The van der Waals surface area contributed by atoms with E-state index in [1.807, 2.05) is 0 Å². The molecule has 2 unspecified atom stereocenters. The first kappa shape index (κ1) is 9.20. The number of likely N-dealkylation sites (tertiary alicyclic amines) is 1. The molecule has 1 aliphatic carbocycles. The topological polar surface area (TPSA) is 15.3 Å². The molecule has 16 heavy (non-hydrogen) atoms. The maximum Gasteiger partial charge on any atom is 0.0239 e. The van der Waals surface area contributed by atoms with Crippen molar-refractivity contribution < 1.29 is 0 Å². The van der Waals surface area contributed by atoms with Gasteiger partial charge in [-0.3, -0.25) is 4.90 Å². The predicted molar refractivity (Wildman–Crippen MR) is 64.5 cm³/mol. The Balaban J connectivity index is 1.56. The van der Waals surface area contributed by atoms with Crippen LogP contribution in [0.4, 0.5) is 0 Å². The van der Waals surface area contributed by atoms with E-state index in [-0.39, 0.29) is 0 Å². The Morgan fingerprint density at radius 2 is 1.81 bits per heavy atom. The number of rotatable bonds is 1. The van der Waals surface area contributed by atoms with E-state index in [1.165, 1.54) is 32.4 Å². The van der Waals surface area contributed by atoms with E-state index in [0.29, 0.717) is 0 Å². The third-order valence-corrected chi connectivity index (χ3v) is 4.60. The minimum Gasteiger partial charge on any atom is -0.311 e. The molecule has 84 valence electrons. The average Bonchev–Trinajstić information content (AvgIpc) is 3.02. The number of hydrogen-bond acceptors (Lipinski definition) is 2. The van der Waals surface area contributed by atoms with Gasteiger partial charge in [0.2, 0.25) is 0 Å². The van der Waals surface area contributed by atoms with Crippen molar-refractivity contribution in [3.8, 4) is 0 Å². The second kappa shape index (κ2) is 3.31. The van der Waals surface area contributed by atoms with E-state index in [1.54, 1.807) is 11.1 Å². The van der Waals surface area contributed by atoms with Crippen LogP contribution in [0.2, 0.25) is 0 Å². The van der Waals surface area contributed by atoms with Crippen LogP contribution in [0.3, 0.4) is 0 Å². The van der Waals surface area contributed by atoms with Gasteiger partial charge in [-0.1, -0.05) is 24.3 Å². The largest absolute Gasteiger partial charge is 0.311 e. The molecule has 2 bridgehead atoms. The first-order valence-electron chi connectivity index (χ1n) is 6.46. The molecule has 0 spiro atoms. The molecule has 0 aromatic heterocycles. The summed E-state index contributed by atoms with van der Waals surface area (Å²) < 4.78 is 0. The van der Waals surface area contributed by atoms with Crippen molar-refractivity contribution in [2.45, 2.75) is 37.4 Å². The van der Waals surface area contributed by atoms with Gasteiger partial charge in [-0.25, -0.2) is 0 Å².